The lowest BCUT2D eigenvalue weighted by molar-refractivity contribution is -0.141. The van der Waals surface area contributed by atoms with E-state index in [2.05, 4.69) is 10.3 Å². The molecule has 19 heavy (non-hydrogen) atoms. The molecule has 7 heteroatoms. The van der Waals surface area contributed by atoms with Crippen molar-refractivity contribution in [3.8, 4) is 0 Å². The van der Waals surface area contributed by atoms with Gasteiger partial charge in [-0.15, -0.1) is 0 Å². The highest BCUT2D eigenvalue weighted by atomic mass is 19.4. The van der Waals surface area contributed by atoms with Gasteiger partial charge in [0, 0.05) is 12.7 Å². The fourth-order valence-corrected chi connectivity index (χ4v) is 1.19. The van der Waals surface area contributed by atoms with Crippen LogP contribution in [0, 0.1) is 0 Å². The van der Waals surface area contributed by atoms with Crippen LogP contribution in [-0.4, -0.2) is 28.1 Å². The van der Waals surface area contributed by atoms with Crippen molar-refractivity contribution in [1.82, 2.24) is 10.3 Å². The number of amides is 1. The van der Waals surface area contributed by atoms with Crippen LogP contribution >= 0.6 is 0 Å². The molecule has 1 aromatic heterocycles. The number of pyridine rings is 1. The van der Waals surface area contributed by atoms with Crippen LogP contribution < -0.4 is 5.32 Å². The molecule has 0 bridgehead atoms. The Morgan fingerprint density at radius 1 is 1.42 bits per heavy atom. The number of alkyl halides is 3. The summed E-state index contributed by atoms with van der Waals surface area (Å²) in [5.74, 6) is -0.574. The molecule has 0 radical (unpaired) electrons. The van der Waals surface area contributed by atoms with Crippen LogP contribution in [0.1, 0.15) is 36.3 Å². The van der Waals surface area contributed by atoms with Crippen molar-refractivity contribution in [2.24, 2.45) is 0 Å². The summed E-state index contributed by atoms with van der Waals surface area (Å²) in [5.41, 5.74) is -2.08. The van der Waals surface area contributed by atoms with Crippen molar-refractivity contribution in [1.29, 1.82) is 0 Å². The van der Waals surface area contributed by atoms with Crippen LogP contribution in [0.5, 0.6) is 0 Å². The van der Waals surface area contributed by atoms with Gasteiger partial charge in [0.1, 0.15) is 5.69 Å². The van der Waals surface area contributed by atoms with Gasteiger partial charge in [0.15, 0.2) is 0 Å². The molecule has 0 saturated heterocycles. The van der Waals surface area contributed by atoms with Crippen molar-refractivity contribution >= 4 is 5.91 Å². The molecular formula is C12H15F3N2O2. The van der Waals surface area contributed by atoms with Crippen molar-refractivity contribution in [2.75, 3.05) is 6.54 Å². The van der Waals surface area contributed by atoms with Crippen LogP contribution in [0.3, 0.4) is 0 Å². The van der Waals surface area contributed by atoms with E-state index in [0.717, 1.165) is 18.3 Å². The molecule has 0 aliphatic rings. The Morgan fingerprint density at radius 3 is 2.47 bits per heavy atom. The minimum atomic E-state index is -4.53. The number of aliphatic hydroxyl groups is 1. The summed E-state index contributed by atoms with van der Waals surface area (Å²) in [6, 6.07) is 1.79. The lowest BCUT2D eigenvalue weighted by Gasteiger charge is -2.21. The number of nitrogens with one attached hydrogen (secondary N) is 1. The Bertz CT molecular complexity index is 441. The van der Waals surface area contributed by atoms with E-state index in [0.29, 0.717) is 6.42 Å². The average molecular weight is 276 g/mol. The van der Waals surface area contributed by atoms with E-state index >= 15 is 0 Å². The Hall–Kier alpha value is -1.63. The van der Waals surface area contributed by atoms with Crippen molar-refractivity contribution in [3.63, 3.8) is 0 Å². The van der Waals surface area contributed by atoms with Crippen LogP contribution in [-0.2, 0) is 6.18 Å². The Kier molecular flexibility index (Phi) is 4.52. The molecule has 0 aliphatic carbocycles. The summed E-state index contributed by atoms with van der Waals surface area (Å²) < 4.78 is 36.8. The van der Waals surface area contributed by atoms with Gasteiger partial charge in [-0.3, -0.25) is 9.78 Å². The van der Waals surface area contributed by atoms with Crippen LogP contribution in [0.15, 0.2) is 18.3 Å². The monoisotopic (exact) mass is 276 g/mol. The third-order valence-electron chi connectivity index (χ3n) is 2.71. The van der Waals surface area contributed by atoms with Crippen LogP contribution in [0.25, 0.3) is 0 Å². The topological polar surface area (TPSA) is 62.2 Å². The van der Waals surface area contributed by atoms with E-state index in [9.17, 15) is 23.1 Å². The van der Waals surface area contributed by atoms with Gasteiger partial charge in [-0.05, 0) is 25.5 Å². The minimum Gasteiger partial charge on any atom is -0.388 e. The molecule has 2 N–H and O–H groups in total. The van der Waals surface area contributed by atoms with Gasteiger partial charge in [0.05, 0.1) is 11.2 Å². The van der Waals surface area contributed by atoms with E-state index in [-0.39, 0.29) is 12.1 Å². The summed E-state index contributed by atoms with van der Waals surface area (Å²) in [4.78, 5) is 14.8. The number of halogens is 3. The smallest absolute Gasteiger partial charge is 0.388 e. The summed E-state index contributed by atoms with van der Waals surface area (Å²) >= 11 is 0. The molecule has 1 aromatic rings. The minimum absolute atomic E-state index is 0.0138. The SMILES string of the molecule is CCC(C)(O)CNC(=O)c1ccc(C(F)(F)F)nc1. The van der Waals surface area contributed by atoms with Gasteiger partial charge < -0.3 is 10.4 Å². The maximum atomic E-state index is 12.3. The third kappa shape index (κ3) is 4.51. The number of aromatic nitrogens is 1. The fourth-order valence-electron chi connectivity index (χ4n) is 1.19. The van der Waals surface area contributed by atoms with Gasteiger partial charge in [0.2, 0.25) is 0 Å². The molecule has 0 spiro atoms. The molecular weight excluding hydrogens is 261 g/mol. The molecule has 1 rings (SSSR count). The maximum absolute atomic E-state index is 12.3. The summed E-state index contributed by atoms with van der Waals surface area (Å²) in [6.07, 6.45) is -3.22. The highest BCUT2D eigenvalue weighted by molar-refractivity contribution is 5.93. The first-order chi connectivity index (χ1) is 8.65. The van der Waals surface area contributed by atoms with E-state index in [1.54, 1.807) is 13.8 Å². The predicted molar refractivity (Wildman–Crippen MR) is 62.5 cm³/mol. The summed E-state index contributed by atoms with van der Waals surface area (Å²) in [7, 11) is 0. The van der Waals surface area contributed by atoms with Crippen molar-refractivity contribution in [3.05, 3.63) is 29.6 Å². The Morgan fingerprint density at radius 2 is 2.05 bits per heavy atom. The van der Waals surface area contributed by atoms with Gasteiger partial charge >= 0.3 is 6.18 Å². The van der Waals surface area contributed by atoms with E-state index < -0.39 is 23.4 Å². The first-order valence-electron chi connectivity index (χ1n) is 5.69. The molecule has 0 fully saturated rings. The number of carbonyl (C=O) groups excluding carboxylic acids is 1. The highest BCUT2D eigenvalue weighted by Gasteiger charge is 2.32. The Balaban J connectivity index is 2.69. The van der Waals surface area contributed by atoms with Gasteiger partial charge in [0.25, 0.3) is 5.91 Å². The lowest BCUT2D eigenvalue weighted by Crippen LogP contribution is -2.40. The third-order valence-corrected chi connectivity index (χ3v) is 2.71. The molecule has 1 atom stereocenters. The van der Waals surface area contributed by atoms with E-state index in [4.69, 9.17) is 0 Å². The quantitative estimate of drug-likeness (QED) is 0.884. The number of nitrogens with zero attached hydrogens (tertiary/aromatic N) is 1. The molecule has 0 aromatic carbocycles. The van der Waals surface area contributed by atoms with Gasteiger partial charge in [-0.1, -0.05) is 6.92 Å². The van der Waals surface area contributed by atoms with Crippen LogP contribution in [0.2, 0.25) is 0 Å². The fraction of sp³-hybridized carbons (Fsp3) is 0.500. The predicted octanol–water partition coefficient (Wildman–Crippen LogP) is 1.99. The zero-order chi connectivity index (χ0) is 14.7. The zero-order valence-electron chi connectivity index (χ0n) is 10.6. The second kappa shape index (κ2) is 5.56. The molecule has 0 aliphatic heterocycles. The van der Waals surface area contributed by atoms with E-state index in [1.807, 2.05) is 0 Å². The average Bonchev–Trinajstić information content (AvgIpc) is 2.35. The first kappa shape index (κ1) is 15.4. The highest BCUT2D eigenvalue weighted by Crippen LogP contribution is 2.27. The number of carbonyl (C=O) groups is 1. The summed E-state index contributed by atoms with van der Waals surface area (Å²) in [6.45, 7) is 3.33. The Labute approximate surface area is 108 Å². The molecule has 4 nitrogen and oxygen atoms in total. The molecule has 0 saturated carbocycles. The van der Waals surface area contributed by atoms with E-state index in [1.165, 1.54) is 0 Å². The molecule has 106 valence electrons. The second-order valence-corrected chi connectivity index (χ2v) is 4.46. The maximum Gasteiger partial charge on any atom is 0.433 e. The largest absolute Gasteiger partial charge is 0.433 e. The zero-order valence-corrected chi connectivity index (χ0v) is 10.6. The second-order valence-electron chi connectivity index (χ2n) is 4.46. The number of hydrogen-bond donors (Lipinski definition) is 2. The van der Waals surface area contributed by atoms with Gasteiger partial charge in [-0.2, -0.15) is 13.2 Å². The normalized spacial score (nSPS) is 14.8. The van der Waals surface area contributed by atoms with Gasteiger partial charge in [-0.25, -0.2) is 0 Å². The molecule has 1 amide bonds. The summed E-state index contributed by atoms with van der Waals surface area (Å²) in [5, 5.41) is 12.1. The number of rotatable bonds is 4. The van der Waals surface area contributed by atoms with Crippen molar-refractivity contribution in [2.45, 2.75) is 32.0 Å². The molecule has 1 heterocycles. The first-order valence-corrected chi connectivity index (χ1v) is 5.69. The lowest BCUT2D eigenvalue weighted by atomic mass is 10.0. The number of hydrogen-bond acceptors (Lipinski definition) is 3. The van der Waals surface area contributed by atoms with Crippen molar-refractivity contribution < 1.29 is 23.1 Å². The molecule has 1 unspecified atom stereocenters. The van der Waals surface area contributed by atoms with Crippen LogP contribution in [0.4, 0.5) is 13.2 Å². The standard InChI is InChI=1S/C12H15F3N2O2/c1-3-11(2,19)7-17-10(18)8-4-5-9(16-6-8)12(13,14)15/h4-6,19H,3,7H2,1-2H3,(H,17,18).